The molecule has 1 N–H and O–H groups in total. The van der Waals surface area contributed by atoms with Gasteiger partial charge in [-0.3, -0.25) is 9.10 Å². The van der Waals surface area contributed by atoms with E-state index < -0.39 is 37.9 Å². The van der Waals surface area contributed by atoms with Gasteiger partial charge in [-0.1, -0.05) is 36.8 Å². The standard InChI is InChI=1S/C21H28N2O5S2/c1-6-20(23(30(5,27)28)18-11-7-15(2)8-12-18)21(24)22-16(3)17-9-13-19(14-10-17)29(4,25)26/h7-14,16,20H,6H2,1-5H3,(H,22,24)/t16-,20+/m0/s1. The molecule has 0 aliphatic rings. The molecule has 0 spiro atoms. The summed E-state index contributed by atoms with van der Waals surface area (Å²) in [6, 6.07) is 11.8. The summed E-state index contributed by atoms with van der Waals surface area (Å²) >= 11 is 0. The number of nitrogens with zero attached hydrogens (tertiary/aromatic N) is 1. The van der Waals surface area contributed by atoms with E-state index in [0.717, 1.165) is 22.4 Å². The molecule has 0 unspecified atom stereocenters. The Hall–Kier alpha value is -2.39. The third-order valence-electron chi connectivity index (χ3n) is 4.79. The maximum atomic E-state index is 13.0. The number of benzene rings is 2. The predicted octanol–water partition coefficient (Wildman–Crippen LogP) is 2.82. The van der Waals surface area contributed by atoms with E-state index in [4.69, 9.17) is 0 Å². The number of sulfone groups is 1. The average molecular weight is 453 g/mol. The summed E-state index contributed by atoms with van der Waals surface area (Å²) in [5.74, 6) is -0.428. The van der Waals surface area contributed by atoms with Gasteiger partial charge in [0.1, 0.15) is 6.04 Å². The summed E-state index contributed by atoms with van der Waals surface area (Å²) in [5.41, 5.74) is 2.12. The summed E-state index contributed by atoms with van der Waals surface area (Å²) in [6.07, 6.45) is 2.49. The first-order valence-corrected chi connectivity index (χ1v) is 13.2. The Bertz CT molecular complexity index is 1090. The van der Waals surface area contributed by atoms with Gasteiger partial charge in [-0.25, -0.2) is 16.8 Å². The first-order valence-electron chi connectivity index (χ1n) is 9.51. The van der Waals surface area contributed by atoms with E-state index in [1.807, 2.05) is 6.92 Å². The largest absolute Gasteiger partial charge is 0.348 e. The smallest absolute Gasteiger partial charge is 0.244 e. The Morgan fingerprint density at radius 1 is 0.967 bits per heavy atom. The molecule has 0 fully saturated rings. The molecule has 2 atom stereocenters. The number of anilines is 1. The maximum absolute atomic E-state index is 13.0. The summed E-state index contributed by atoms with van der Waals surface area (Å²) < 4.78 is 49.4. The number of hydrogen-bond donors (Lipinski definition) is 1. The van der Waals surface area contributed by atoms with E-state index in [2.05, 4.69) is 5.32 Å². The van der Waals surface area contributed by atoms with Crippen molar-refractivity contribution < 1.29 is 21.6 Å². The third-order valence-corrected chi connectivity index (χ3v) is 7.09. The van der Waals surface area contributed by atoms with E-state index in [0.29, 0.717) is 11.3 Å². The number of aryl methyl sites for hydroxylation is 1. The first kappa shape index (κ1) is 23.9. The van der Waals surface area contributed by atoms with E-state index in [1.165, 1.54) is 12.1 Å². The lowest BCUT2D eigenvalue weighted by molar-refractivity contribution is -0.122. The monoisotopic (exact) mass is 452 g/mol. The van der Waals surface area contributed by atoms with Crippen LogP contribution in [0.5, 0.6) is 0 Å². The van der Waals surface area contributed by atoms with Gasteiger partial charge in [0.25, 0.3) is 0 Å². The lowest BCUT2D eigenvalue weighted by Gasteiger charge is -2.31. The second kappa shape index (κ2) is 9.18. The Labute approximate surface area is 179 Å². The van der Waals surface area contributed by atoms with Crippen LogP contribution in [0.15, 0.2) is 53.4 Å². The van der Waals surface area contributed by atoms with E-state index in [9.17, 15) is 21.6 Å². The van der Waals surface area contributed by atoms with Crippen molar-refractivity contribution in [2.75, 3.05) is 16.8 Å². The van der Waals surface area contributed by atoms with Gasteiger partial charge in [-0.2, -0.15) is 0 Å². The van der Waals surface area contributed by atoms with Crippen LogP contribution in [-0.2, 0) is 24.7 Å². The molecule has 0 saturated heterocycles. The normalized spacial score (nSPS) is 14.0. The molecule has 164 valence electrons. The van der Waals surface area contributed by atoms with Gasteiger partial charge in [0.2, 0.25) is 15.9 Å². The highest BCUT2D eigenvalue weighted by Crippen LogP contribution is 2.24. The lowest BCUT2D eigenvalue weighted by Crippen LogP contribution is -2.49. The van der Waals surface area contributed by atoms with Gasteiger partial charge in [-0.05, 0) is 50.1 Å². The zero-order chi connectivity index (χ0) is 22.7. The van der Waals surface area contributed by atoms with Crippen LogP contribution in [-0.4, -0.2) is 41.3 Å². The highest BCUT2D eigenvalue weighted by atomic mass is 32.2. The minimum Gasteiger partial charge on any atom is -0.348 e. The van der Waals surface area contributed by atoms with Crippen LogP contribution in [0, 0.1) is 6.92 Å². The molecule has 1 amide bonds. The van der Waals surface area contributed by atoms with Crippen molar-refractivity contribution in [2.24, 2.45) is 0 Å². The molecule has 7 nitrogen and oxygen atoms in total. The van der Waals surface area contributed by atoms with Crippen molar-refractivity contribution in [1.29, 1.82) is 0 Å². The Morgan fingerprint density at radius 3 is 1.93 bits per heavy atom. The van der Waals surface area contributed by atoms with Crippen molar-refractivity contribution in [3.8, 4) is 0 Å². The predicted molar refractivity (Wildman–Crippen MR) is 119 cm³/mol. The second-order valence-electron chi connectivity index (χ2n) is 7.39. The third kappa shape index (κ3) is 5.82. The molecule has 0 aliphatic carbocycles. The van der Waals surface area contributed by atoms with E-state index in [1.54, 1.807) is 50.2 Å². The van der Waals surface area contributed by atoms with Crippen molar-refractivity contribution in [1.82, 2.24) is 5.32 Å². The van der Waals surface area contributed by atoms with Crippen LogP contribution >= 0.6 is 0 Å². The van der Waals surface area contributed by atoms with Gasteiger partial charge >= 0.3 is 0 Å². The number of nitrogens with one attached hydrogen (secondary N) is 1. The van der Waals surface area contributed by atoms with Gasteiger partial charge in [0, 0.05) is 6.26 Å². The number of carbonyl (C=O) groups excluding carboxylic acids is 1. The Morgan fingerprint density at radius 2 is 1.50 bits per heavy atom. The molecular weight excluding hydrogens is 424 g/mol. The van der Waals surface area contributed by atoms with Crippen molar-refractivity contribution in [2.45, 2.75) is 44.2 Å². The molecule has 0 heterocycles. The molecule has 0 aromatic heterocycles. The van der Waals surface area contributed by atoms with Crippen LogP contribution < -0.4 is 9.62 Å². The van der Waals surface area contributed by atoms with E-state index >= 15 is 0 Å². The molecule has 9 heteroatoms. The molecule has 30 heavy (non-hydrogen) atoms. The SMILES string of the molecule is CC[C@H](C(=O)N[C@@H](C)c1ccc(S(C)(=O)=O)cc1)N(c1ccc(C)cc1)S(C)(=O)=O. The number of amides is 1. The van der Waals surface area contributed by atoms with E-state index in [-0.39, 0.29) is 11.3 Å². The second-order valence-corrected chi connectivity index (χ2v) is 11.3. The molecule has 2 aromatic rings. The minimum atomic E-state index is -3.70. The number of carbonyl (C=O) groups is 1. The molecule has 0 aliphatic heterocycles. The maximum Gasteiger partial charge on any atom is 0.244 e. The summed E-state index contributed by atoms with van der Waals surface area (Å²) in [4.78, 5) is 13.2. The summed E-state index contributed by atoms with van der Waals surface area (Å²) in [6.45, 7) is 5.41. The zero-order valence-electron chi connectivity index (χ0n) is 17.8. The van der Waals surface area contributed by atoms with Crippen molar-refractivity contribution in [3.05, 3.63) is 59.7 Å². The number of hydrogen-bond acceptors (Lipinski definition) is 5. The Kier molecular flexibility index (Phi) is 7.31. The van der Waals surface area contributed by atoms with Gasteiger partial charge in [-0.15, -0.1) is 0 Å². The minimum absolute atomic E-state index is 0.193. The quantitative estimate of drug-likeness (QED) is 0.664. The fourth-order valence-electron chi connectivity index (χ4n) is 3.15. The van der Waals surface area contributed by atoms with Gasteiger partial charge in [0.15, 0.2) is 9.84 Å². The van der Waals surface area contributed by atoms with Crippen molar-refractivity contribution >= 4 is 31.5 Å². The topological polar surface area (TPSA) is 101 Å². The summed E-state index contributed by atoms with van der Waals surface area (Å²) in [7, 11) is -7.01. The highest BCUT2D eigenvalue weighted by molar-refractivity contribution is 7.92. The molecular formula is C21H28N2O5S2. The van der Waals surface area contributed by atoms with Crippen molar-refractivity contribution in [3.63, 3.8) is 0 Å². The molecule has 0 saturated carbocycles. The lowest BCUT2D eigenvalue weighted by atomic mass is 10.1. The highest BCUT2D eigenvalue weighted by Gasteiger charge is 2.32. The molecule has 2 rings (SSSR count). The average Bonchev–Trinajstić information content (AvgIpc) is 2.65. The molecule has 2 aromatic carbocycles. The van der Waals surface area contributed by atoms with Crippen LogP contribution in [0.25, 0.3) is 0 Å². The van der Waals surface area contributed by atoms with Gasteiger partial charge < -0.3 is 5.32 Å². The molecule has 0 bridgehead atoms. The molecule has 0 radical (unpaired) electrons. The van der Waals surface area contributed by atoms with Crippen LogP contribution in [0.2, 0.25) is 0 Å². The van der Waals surface area contributed by atoms with Crippen LogP contribution in [0.3, 0.4) is 0 Å². The fraction of sp³-hybridized carbons (Fsp3) is 0.381. The fourth-order valence-corrected chi connectivity index (χ4v) is 4.99. The first-order chi connectivity index (χ1) is 13.8. The zero-order valence-corrected chi connectivity index (χ0v) is 19.4. The van der Waals surface area contributed by atoms with Crippen LogP contribution in [0.1, 0.15) is 37.4 Å². The number of rotatable bonds is 8. The van der Waals surface area contributed by atoms with Gasteiger partial charge in [0.05, 0.1) is 22.9 Å². The summed E-state index contributed by atoms with van der Waals surface area (Å²) in [5, 5.41) is 2.84. The Balaban J connectivity index is 2.28. The van der Waals surface area contributed by atoms with Crippen LogP contribution in [0.4, 0.5) is 5.69 Å². The number of sulfonamides is 1.